The van der Waals surface area contributed by atoms with Crippen LogP contribution >= 0.6 is 0 Å². The standard InChI is InChI=1S/C30H29N5O5/c1-4-40-29(38)22-9-11-23(12-10-22)31-19-35(3)25-15-7-21(8-16-25)18-34(2)24-13-5-20(6-14-24)17-26-27(36)32-30(39)33-28(26)37/h5-17,19H,4,18H2,1-3H3,(H2,32,33,36,37,39)/b31-19+. The third-order valence-electron chi connectivity index (χ3n) is 6.11. The molecule has 0 saturated carbocycles. The van der Waals surface area contributed by atoms with Gasteiger partial charge in [-0.15, -0.1) is 0 Å². The molecule has 1 heterocycles. The van der Waals surface area contributed by atoms with E-state index in [1.165, 1.54) is 6.08 Å². The fourth-order valence-electron chi connectivity index (χ4n) is 3.92. The van der Waals surface area contributed by atoms with Gasteiger partial charge in [-0.1, -0.05) is 24.3 Å². The molecule has 0 aromatic heterocycles. The topological polar surface area (TPSA) is 120 Å². The molecule has 0 bridgehead atoms. The summed E-state index contributed by atoms with van der Waals surface area (Å²) in [7, 11) is 3.88. The zero-order chi connectivity index (χ0) is 28.6. The number of benzene rings is 3. The molecule has 4 amide bonds. The summed E-state index contributed by atoms with van der Waals surface area (Å²) in [6, 6.07) is 21.6. The smallest absolute Gasteiger partial charge is 0.338 e. The molecule has 0 aliphatic carbocycles. The van der Waals surface area contributed by atoms with Crippen LogP contribution in [0.2, 0.25) is 0 Å². The number of aliphatic imine (C=N–C) groups is 1. The Hall–Kier alpha value is -5.25. The number of esters is 1. The number of hydrogen-bond acceptors (Lipinski definition) is 7. The van der Waals surface area contributed by atoms with E-state index in [0.29, 0.717) is 24.3 Å². The summed E-state index contributed by atoms with van der Waals surface area (Å²) in [5.41, 5.74) is 4.78. The Bertz CT molecular complexity index is 1440. The molecule has 10 nitrogen and oxygen atoms in total. The van der Waals surface area contributed by atoms with Gasteiger partial charge < -0.3 is 14.5 Å². The quantitative estimate of drug-likeness (QED) is 0.138. The normalized spacial score (nSPS) is 13.1. The number of hydrogen-bond donors (Lipinski definition) is 2. The van der Waals surface area contributed by atoms with Crippen molar-refractivity contribution in [2.24, 2.45) is 4.99 Å². The fourth-order valence-corrected chi connectivity index (χ4v) is 3.92. The predicted octanol–water partition coefficient (Wildman–Crippen LogP) is 4.05. The lowest BCUT2D eigenvalue weighted by Gasteiger charge is -2.20. The Morgan fingerprint density at radius 3 is 2.05 bits per heavy atom. The van der Waals surface area contributed by atoms with Gasteiger partial charge in [-0.05, 0) is 72.7 Å². The van der Waals surface area contributed by atoms with Gasteiger partial charge in [0, 0.05) is 32.0 Å². The monoisotopic (exact) mass is 539 g/mol. The second-order valence-electron chi connectivity index (χ2n) is 9.03. The van der Waals surface area contributed by atoms with Gasteiger partial charge in [-0.2, -0.15) is 0 Å². The van der Waals surface area contributed by atoms with Crippen LogP contribution in [0, 0.1) is 0 Å². The molecule has 10 heteroatoms. The number of nitrogens with zero attached hydrogens (tertiary/aromatic N) is 3. The van der Waals surface area contributed by atoms with E-state index in [2.05, 4.69) is 20.5 Å². The molecule has 2 N–H and O–H groups in total. The van der Waals surface area contributed by atoms with E-state index in [1.54, 1.807) is 49.7 Å². The number of amides is 4. The average molecular weight is 540 g/mol. The van der Waals surface area contributed by atoms with Gasteiger partial charge in [-0.25, -0.2) is 14.6 Å². The molecule has 204 valence electrons. The predicted molar refractivity (Wildman–Crippen MR) is 154 cm³/mol. The van der Waals surface area contributed by atoms with Gasteiger partial charge in [-0.3, -0.25) is 20.2 Å². The number of rotatable bonds is 9. The highest BCUT2D eigenvalue weighted by Crippen LogP contribution is 2.21. The Morgan fingerprint density at radius 2 is 1.45 bits per heavy atom. The third-order valence-corrected chi connectivity index (χ3v) is 6.11. The number of anilines is 2. The van der Waals surface area contributed by atoms with Crippen LogP contribution in [0.5, 0.6) is 0 Å². The van der Waals surface area contributed by atoms with Crippen molar-refractivity contribution in [1.29, 1.82) is 0 Å². The molecule has 3 aromatic carbocycles. The minimum Gasteiger partial charge on any atom is -0.462 e. The van der Waals surface area contributed by atoms with Gasteiger partial charge in [0.15, 0.2) is 0 Å². The van der Waals surface area contributed by atoms with Gasteiger partial charge >= 0.3 is 12.0 Å². The van der Waals surface area contributed by atoms with Crippen molar-refractivity contribution >= 4 is 53.3 Å². The summed E-state index contributed by atoms with van der Waals surface area (Å²) in [6.45, 7) is 2.77. The Morgan fingerprint density at radius 1 is 0.850 bits per heavy atom. The molecule has 0 atom stereocenters. The van der Waals surface area contributed by atoms with Crippen LogP contribution in [0.25, 0.3) is 6.08 Å². The lowest BCUT2D eigenvalue weighted by atomic mass is 10.1. The fraction of sp³-hybridized carbons (Fsp3) is 0.167. The zero-order valence-electron chi connectivity index (χ0n) is 22.4. The van der Waals surface area contributed by atoms with Crippen molar-refractivity contribution in [2.75, 3.05) is 30.5 Å². The van der Waals surface area contributed by atoms with Crippen molar-refractivity contribution in [2.45, 2.75) is 13.5 Å². The Kier molecular flexibility index (Phi) is 8.70. The highest BCUT2D eigenvalue weighted by atomic mass is 16.5. The highest BCUT2D eigenvalue weighted by molar-refractivity contribution is 6.31. The number of imide groups is 2. The summed E-state index contributed by atoms with van der Waals surface area (Å²) in [5, 5.41) is 4.12. The summed E-state index contributed by atoms with van der Waals surface area (Å²) in [5.74, 6) is -1.80. The van der Waals surface area contributed by atoms with Crippen LogP contribution in [0.15, 0.2) is 83.4 Å². The molecule has 0 spiro atoms. The van der Waals surface area contributed by atoms with E-state index < -0.39 is 17.8 Å². The molecule has 4 rings (SSSR count). The first-order valence-electron chi connectivity index (χ1n) is 12.6. The van der Waals surface area contributed by atoms with Crippen LogP contribution in [-0.4, -0.2) is 50.9 Å². The third kappa shape index (κ3) is 6.98. The van der Waals surface area contributed by atoms with E-state index in [4.69, 9.17) is 4.74 Å². The summed E-state index contributed by atoms with van der Waals surface area (Å²) >= 11 is 0. The van der Waals surface area contributed by atoms with E-state index >= 15 is 0 Å². The first-order chi connectivity index (χ1) is 19.2. The van der Waals surface area contributed by atoms with Gasteiger partial charge in [0.2, 0.25) is 0 Å². The van der Waals surface area contributed by atoms with E-state index in [0.717, 1.165) is 22.6 Å². The molecular weight excluding hydrogens is 510 g/mol. The van der Waals surface area contributed by atoms with Crippen molar-refractivity contribution in [1.82, 2.24) is 10.6 Å². The molecule has 3 aromatic rings. The summed E-state index contributed by atoms with van der Waals surface area (Å²) in [4.78, 5) is 55.3. The summed E-state index contributed by atoms with van der Waals surface area (Å²) < 4.78 is 5.00. The highest BCUT2D eigenvalue weighted by Gasteiger charge is 2.27. The number of carbonyl (C=O) groups excluding carboxylic acids is 4. The van der Waals surface area contributed by atoms with E-state index in [9.17, 15) is 19.2 Å². The molecule has 0 radical (unpaired) electrons. The van der Waals surface area contributed by atoms with Crippen molar-refractivity contribution < 1.29 is 23.9 Å². The van der Waals surface area contributed by atoms with Gasteiger partial charge in [0.25, 0.3) is 11.8 Å². The minimum absolute atomic E-state index is 0.122. The molecule has 0 unspecified atom stereocenters. The Balaban J connectivity index is 1.33. The van der Waals surface area contributed by atoms with Crippen LogP contribution in [0.3, 0.4) is 0 Å². The van der Waals surface area contributed by atoms with E-state index in [1.807, 2.05) is 55.4 Å². The second kappa shape index (κ2) is 12.5. The number of barbiturate groups is 1. The largest absolute Gasteiger partial charge is 0.462 e. The lowest BCUT2D eigenvalue weighted by Crippen LogP contribution is -2.51. The number of nitrogens with one attached hydrogen (secondary N) is 2. The van der Waals surface area contributed by atoms with Gasteiger partial charge in [0.1, 0.15) is 5.57 Å². The van der Waals surface area contributed by atoms with Crippen LogP contribution < -0.4 is 20.4 Å². The lowest BCUT2D eigenvalue weighted by molar-refractivity contribution is -0.123. The molecule has 1 aliphatic heterocycles. The maximum atomic E-state index is 11.9. The zero-order valence-corrected chi connectivity index (χ0v) is 22.4. The van der Waals surface area contributed by atoms with Gasteiger partial charge in [0.05, 0.1) is 24.2 Å². The first-order valence-corrected chi connectivity index (χ1v) is 12.6. The molecule has 40 heavy (non-hydrogen) atoms. The molecule has 1 fully saturated rings. The van der Waals surface area contributed by atoms with E-state index in [-0.39, 0.29) is 11.5 Å². The molecular formula is C30H29N5O5. The van der Waals surface area contributed by atoms with Crippen LogP contribution in [0.4, 0.5) is 21.9 Å². The van der Waals surface area contributed by atoms with Crippen LogP contribution in [0.1, 0.15) is 28.4 Å². The number of ether oxygens (including phenoxy) is 1. The first kappa shape index (κ1) is 27.8. The number of urea groups is 1. The molecule has 1 saturated heterocycles. The molecule has 1 aliphatic rings. The maximum absolute atomic E-state index is 11.9. The average Bonchev–Trinajstić information content (AvgIpc) is 2.94. The maximum Gasteiger partial charge on any atom is 0.338 e. The minimum atomic E-state index is -0.823. The van der Waals surface area contributed by atoms with Crippen molar-refractivity contribution in [3.8, 4) is 0 Å². The van der Waals surface area contributed by atoms with Crippen molar-refractivity contribution in [3.05, 3.63) is 95.1 Å². The SMILES string of the molecule is CCOC(=O)c1ccc(/N=C/N(C)c2ccc(CN(C)c3ccc(C=C4C(=O)NC(=O)NC4=O)cc3)cc2)cc1. The van der Waals surface area contributed by atoms with Crippen molar-refractivity contribution in [3.63, 3.8) is 0 Å². The second-order valence-corrected chi connectivity index (χ2v) is 9.03. The number of carbonyl (C=O) groups is 4. The summed E-state index contributed by atoms with van der Waals surface area (Å²) in [6.07, 6.45) is 3.16. The Labute approximate surface area is 232 Å². The van der Waals surface area contributed by atoms with Crippen LogP contribution in [-0.2, 0) is 20.9 Å².